The predicted molar refractivity (Wildman–Crippen MR) is 39.9 cm³/mol. The largest absolute Gasteiger partial charge is 0.384 e. The maximum absolute atomic E-state index is 10.7. The summed E-state index contributed by atoms with van der Waals surface area (Å²) in [4.78, 5) is 10.7. The first-order valence-corrected chi connectivity index (χ1v) is 3.18. The van der Waals surface area contributed by atoms with Crippen LogP contribution in [0.4, 0.5) is 5.82 Å². The second kappa shape index (κ2) is 2.21. The number of rotatable bonds is 1. The Morgan fingerprint density at radius 3 is 2.50 bits per heavy atom. The van der Waals surface area contributed by atoms with E-state index in [1.54, 1.807) is 4.68 Å². The summed E-state index contributed by atoms with van der Waals surface area (Å²) in [6, 6.07) is 1.59. The lowest BCUT2D eigenvalue weighted by atomic mass is 10.4. The third kappa shape index (κ3) is 1.05. The summed E-state index contributed by atoms with van der Waals surface area (Å²) in [5.74, 6) is 0.486. The number of aromatic amines is 1. The van der Waals surface area contributed by atoms with Crippen LogP contribution in [0.1, 0.15) is 19.9 Å². The van der Waals surface area contributed by atoms with E-state index in [1.807, 2.05) is 13.8 Å². The molecule has 0 aromatic carbocycles. The van der Waals surface area contributed by atoms with Crippen molar-refractivity contribution in [3.8, 4) is 0 Å². The van der Waals surface area contributed by atoms with Gasteiger partial charge >= 0.3 is 0 Å². The molecule has 0 fully saturated rings. The van der Waals surface area contributed by atoms with Gasteiger partial charge in [-0.05, 0) is 13.8 Å². The van der Waals surface area contributed by atoms with Gasteiger partial charge in [-0.3, -0.25) is 14.6 Å². The van der Waals surface area contributed by atoms with E-state index in [2.05, 4.69) is 5.10 Å². The molecule has 4 nitrogen and oxygen atoms in total. The van der Waals surface area contributed by atoms with Crippen molar-refractivity contribution in [3.05, 3.63) is 16.4 Å². The highest BCUT2D eigenvalue weighted by molar-refractivity contribution is 5.26. The molecule has 0 saturated heterocycles. The van der Waals surface area contributed by atoms with Gasteiger partial charge in [0.2, 0.25) is 0 Å². The number of anilines is 1. The molecule has 10 heavy (non-hydrogen) atoms. The van der Waals surface area contributed by atoms with Crippen LogP contribution in [0.25, 0.3) is 0 Å². The Labute approximate surface area is 58.6 Å². The summed E-state index contributed by atoms with van der Waals surface area (Å²) in [5, 5.41) is 2.58. The standard InChI is InChI=1S/C6H11N3O/c1-4(2)9-5(7)3-6(10)8-9/h3-4H,7H2,1-2H3,(H,8,10). The number of nitrogens with zero attached hydrogens (tertiary/aromatic N) is 1. The monoisotopic (exact) mass is 141 g/mol. The fourth-order valence-corrected chi connectivity index (χ4v) is 0.847. The molecule has 1 rings (SSSR count). The van der Waals surface area contributed by atoms with E-state index in [1.165, 1.54) is 6.07 Å². The number of hydrogen-bond donors (Lipinski definition) is 2. The molecule has 56 valence electrons. The highest BCUT2D eigenvalue weighted by atomic mass is 16.1. The minimum atomic E-state index is -0.147. The number of nitrogens with two attached hydrogens (primary N) is 1. The lowest BCUT2D eigenvalue weighted by molar-refractivity contribution is 0.536. The SMILES string of the molecule is CC(C)n1[nH]c(=O)cc1N. The second-order valence-corrected chi connectivity index (χ2v) is 2.51. The molecule has 0 aliphatic rings. The first-order chi connectivity index (χ1) is 4.61. The number of aromatic nitrogens is 2. The average Bonchev–Trinajstić information content (AvgIpc) is 2.10. The van der Waals surface area contributed by atoms with Crippen molar-refractivity contribution in [1.82, 2.24) is 9.78 Å². The van der Waals surface area contributed by atoms with Crippen LogP contribution in [0.15, 0.2) is 10.9 Å². The molecule has 0 bridgehead atoms. The maximum atomic E-state index is 10.7. The van der Waals surface area contributed by atoms with Crippen molar-refractivity contribution in [2.45, 2.75) is 19.9 Å². The van der Waals surface area contributed by atoms with Gasteiger partial charge < -0.3 is 5.73 Å². The Kier molecular flexibility index (Phi) is 1.53. The van der Waals surface area contributed by atoms with Crippen molar-refractivity contribution in [3.63, 3.8) is 0 Å². The Hall–Kier alpha value is -1.19. The zero-order valence-corrected chi connectivity index (χ0v) is 6.09. The molecule has 4 heteroatoms. The van der Waals surface area contributed by atoms with Crippen LogP contribution in [-0.2, 0) is 0 Å². The van der Waals surface area contributed by atoms with E-state index in [9.17, 15) is 4.79 Å². The van der Waals surface area contributed by atoms with E-state index in [0.29, 0.717) is 5.82 Å². The molecule has 0 spiro atoms. The molecule has 0 radical (unpaired) electrons. The summed E-state index contributed by atoms with van der Waals surface area (Å²) in [6.45, 7) is 3.90. The van der Waals surface area contributed by atoms with E-state index in [-0.39, 0.29) is 11.6 Å². The molecule has 0 unspecified atom stereocenters. The summed E-state index contributed by atoms with van der Waals surface area (Å²) in [7, 11) is 0. The first kappa shape index (κ1) is 6.92. The zero-order chi connectivity index (χ0) is 7.72. The molecule has 0 aliphatic heterocycles. The lowest BCUT2D eigenvalue weighted by Crippen LogP contribution is -2.09. The number of H-pyrrole nitrogens is 1. The van der Waals surface area contributed by atoms with Crippen LogP contribution in [0, 0.1) is 0 Å². The van der Waals surface area contributed by atoms with Crippen molar-refractivity contribution < 1.29 is 0 Å². The summed E-state index contributed by atoms with van der Waals surface area (Å²) < 4.78 is 1.63. The zero-order valence-electron chi connectivity index (χ0n) is 6.09. The van der Waals surface area contributed by atoms with Gasteiger partial charge in [-0.1, -0.05) is 0 Å². The van der Waals surface area contributed by atoms with Gasteiger partial charge in [0.05, 0.1) is 0 Å². The average molecular weight is 141 g/mol. The molecule has 0 atom stereocenters. The summed E-state index contributed by atoms with van der Waals surface area (Å²) in [6.07, 6.45) is 0. The molecule has 0 saturated carbocycles. The van der Waals surface area contributed by atoms with Crippen LogP contribution in [0.5, 0.6) is 0 Å². The normalized spacial score (nSPS) is 10.7. The fraction of sp³-hybridized carbons (Fsp3) is 0.500. The second-order valence-electron chi connectivity index (χ2n) is 2.51. The Bertz CT molecular complexity index is 271. The molecule has 3 N–H and O–H groups in total. The van der Waals surface area contributed by atoms with E-state index < -0.39 is 0 Å². The first-order valence-electron chi connectivity index (χ1n) is 3.18. The minimum absolute atomic E-state index is 0.147. The van der Waals surface area contributed by atoms with Gasteiger partial charge in [0.25, 0.3) is 5.56 Å². The number of nitrogen functional groups attached to an aromatic ring is 1. The Balaban J connectivity index is 3.15. The number of hydrogen-bond acceptors (Lipinski definition) is 2. The molecular formula is C6H11N3O. The topological polar surface area (TPSA) is 63.8 Å². The fourth-order valence-electron chi connectivity index (χ4n) is 0.847. The number of nitrogens with one attached hydrogen (secondary N) is 1. The van der Waals surface area contributed by atoms with Crippen molar-refractivity contribution >= 4 is 5.82 Å². The van der Waals surface area contributed by atoms with Crippen molar-refractivity contribution in [1.29, 1.82) is 0 Å². The molecular weight excluding hydrogens is 130 g/mol. The van der Waals surface area contributed by atoms with Crippen LogP contribution in [0.3, 0.4) is 0 Å². The minimum Gasteiger partial charge on any atom is -0.384 e. The smallest absolute Gasteiger partial charge is 0.266 e. The Morgan fingerprint density at radius 2 is 2.30 bits per heavy atom. The molecule has 1 aromatic heterocycles. The summed E-state index contributed by atoms with van der Waals surface area (Å²) >= 11 is 0. The van der Waals surface area contributed by atoms with Gasteiger partial charge in [-0.25, -0.2) is 0 Å². The molecule has 1 heterocycles. The predicted octanol–water partition coefficient (Wildman–Crippen LogP) is 0.340. The summed E-state index contributed by atoms with van der Waals surface area (Å²) in [5.41, 5.74) is 5.33. The lowest BCUT2D eigenvalue weighted by Gasteiger charge is -2.07. The highest BCUT2D eigenvalue weighted by Crippen LogP contribution is 2.05. The van der Waals surface area contributed by atoms with Crippen LogP contribution < -0.4 is 11.3 Å². The highest BCUT2D eigenvalue weighted by Gasteiger charge is 2.01. The van der Waals surface area contributed by atoms with Crippen molar-refractivity contribution in [2.24, 2.45) is 0 Å². The van der Waals surface area contributed by atoms with E-state index >= 15 is 0 Å². The van der Waals surface area contributed by atoms with E-state index in [0.717, 1.165) is 0 Å². The van der Waals surface area contributed by atoms with Gasteiger partial charge in [-0.2, -0.15) is 0 Å². The van der Waals surface area contributed by atoms with Crippen molar-refractivity contribution in [2.75, 3.05) is 5.73 Å². The van der Waals surface area contributed by atoms with Gasteiger partial charge in [0.15, 0.2) is 0 Å². The Morgan fingerprint density at radius 1 is 1.70 bits per heavy atom. The maximum Gasteiger partial charge on any atom is 0.266 e. The van der Waals surface area contributed by atoms with Gasteiger partial charge in [0.1, 0.15) is 5.82 Å². The molecule has 1 aromatic rings. The van der Waals surface area contributed by atoms with Crippen LogP contribution >= 0.6 is 0 Å². The molecule has 0 amide bonds. The van der Waals surface area contributed by atoms with Crippen LogP contribution in [-0.4, -0.2) is 9.78 Å². The van der Waals surface area contributed by atoms with Gasteiger partial charge in [-0.15, -0.1) is 0 Å². The molecule has 0 aliphatic carbocycles. The van der Waals surface area contributed by atoms with E-state index in [4.69, 9.17) is 5.73 Å². The van der Waals surface area contributed by atoms with Gasteiger partial charge in [0, 0.05) is 12.1 Å². The third-order valence-corrected chi connectivity index (χ3v) is 1.30. The third-order valence-electron chi connectivity index (χ3n) is 1.30. The quantitative estimate of drug-likeness (QED) is 0.592. The van der Waals surface area contributed by atoms with Crippen LogP contribution in [0.2, 0.25) is 0 Å².